The Labute approximate surface area is 67.8 Å². The maximum atomic E-state index is 11.0. The van der Waals surface area contributed by atoms with Crippen molar-refractivity contribution in [3.8, 4) is 0 Å². The lowest BCUT2D eigenvalue weighted by atomic mass is 10.1. The van der Waals surface area contributed by atoms with Gasteiger partial charge in [0.05, 0.1) is 12.5 Å². The highest BCUT2D eigenvalue weighted by molar-refractivity contribution is 5.77. The molecule has 0 saturated carbocycles. The van der Waals surface area contributed by atoms with Crippen LogP contribution in [0.1, 0.15) is 34.1 Å². The van der Waals surface area contributed by atoms with Crippen LogP contribution in [0.2, 0.25) is 0 Å². The molecule has 3 nitrogen and oxygen atoms in total. The highest BCUT2D eigenvalue weighted by Crippen LogP contribution is 2.00. The van der Waals surface area contributed by atoms with Crippen LogP contribution in [0.15, 0.2) is 0 Å². The first kappa shape index (κ1) is 10.4. The summed E-state index contributed by atoms with van der Waals surface area (Å²) in [5.41, 5.74) is -0.202. The van der Waals surface area contributed by atoms with Crippen molar-refractivity contribution < 1.29 is 9.90 Å². The van der Waals surface area contributed by atoms with Crippen molar-refractivity contribution in [2.75, 3.05) is 0 Å². The molecule has 1 atom stereocenters. The van der Waals surface area contributed by atoms with Crippen molar-refractivity contribution in [2.24, 2.45) is 0 Å². The van der Waals surface area contributed by atoms with Gasteiger partial charge in [-0.25, -0.2) is 0 Å². The second kappa shape index (κ2) is 3.72. The number of hydrogen-bond acceptors (Lipinski definition) is 2. The minimum absolute atomic E-state index is 0.104. The predicted octanol–water partition coefficient (Wildman–Crippen LogP) is 0.672. The molecule has 0 aromatic heterocycles. The monoisotopic (exact) mass is 159 g/mol. The third-order valence-corrected chi connectivity index (χ3v) is 0.995. The van der Waals surface area contributed by atoms with Gasteiger partial charge >= 0.3 is 0 Å². The summed E-state index contributed by atoms with van der Waals surface area (Å²) in [6.07, 6.45) is -0.380. The number of carbonyl (C=O) groups excluding carboxylic acids is 1. The normalized spacial score (nSPS) is 14.3. The second-order valence-electron chi connectivity index (χ2n) is 3.85. The smallest absolute Gasteiger partial charge is 0.222 e. The number of rotatable bonds is 2. The summed E-state index contributed by atoms with van der Waals surface area (Å²) in [6.45, 7) is 7.33. The minimum Gasteiger partial charge on any atom is -0.393 e. The molecule has 0 heterocycles. The van der Waals surface area contributed by atoms with Gasteiger partial charge in [0.15, 0.2) is 0 Å². The van der Waals surface area contributed by atoms with Gasteiger partial charge in [-0.15, -0.1) is 0 Å². The molecule has 11 heavy (non-hydrogen) atoms. The molecule has 0 radical (unpaired) electrons. The first-order valence-corrected chi connectivity index (χ1v) is 3.80. The van der Waals surface area contributed by atoms with E-state index in [1.54, 1.807) is 6.92 Å². The molecule has 0 aromatic rings. The van der Waals surface area contributed by atoms with Crippen LogP contribution >= 0.6 is 0 Å². The molecule has 0 rings (SSSR count). The van der Waals surface area contributed by atoms with E-state index in [-0.39, 0.29) is 17.9 Å². The summed E-state index contributed by atoms with van der Waals surface area (Å²) >= 11 is 0. The molecule has 0 unspecified atom stereocenters. The SMILES string of the molecule is C[C@H](O)CC(=O)NC(C)(C)C. The lowest BCUT2D eigenvalue weighted by molar-refractivity contribution is -0.124. The topological polar surface area (TPSA) is 49.3 Å². The molecule has 2 N–H and O–H groups in total. The molecule has 0 spiro atoms. The molecule has 3 heteroatoms. The van der Waals surface area contributed by atoms with Crippen molar-refractivity contribution in [1.29, 1.82) is 0 Å². The lowest BCUT2D eigenvalue weighted by Crippen LogP contribution is -2.41. The third-order valence-electron chi connectivity index (χ3n) is 0.995. The fourth-order valence-electron chi connectivity index (χ4n) is 0.738. The first-order valence-electron chi connectivity index (χ1n) is 3.80. The van der Waals surface area contributed by atoms with Crippen molar-refractivity contribution >= 4 is 5.91 Å². The second-order valence-corrected chi connectivity index (χ2v) is 3.85. The van der Waals surface area contributed by atoms with Crippen molar-refractivity contribution in [3.63, 3.8) is 0 Å². The number of aliphatic hydroxyl groups excluding tert-OH is 1. The number of amides is 1. The molecular weight excluding hydrogens is 142 g/mol. The maximum Gasteiger partial charge on any atom is 0.222 e. The van der Waals surface area contributed by atoms with Gasteiger partial charge in [0.25, 0.3) is 0 Å². The molecule has 0 bridgehead atoms. The first-order chi connectivity index (χ1) is 4.81. The van der Waals surface area contributed by atoms with E-state index in [0.717, 1.165) is 0 Å². The fraction of sp³-hybridized carbons (Fsp3) is 0.875. The lowest BCUT2D eigenvalue weighted by Gasteiger charge is -2.20. The molecule has 0 aliphatic carbocycles. The summed E-state index contributed by atoms with van der Waals surface area (Å²) in [6, 6.07) is 0. The van der Waals surface area contributed by atoms with Gasteiger partial charge in [-0.05, 0) is 27.7 Å². The molecule has 0 aromatic carbocycles. The van der Waals surface area contributed by atoms with Gasteiger partial charge in [0.1, 0.15) is 0 Å². The standard InChI is InChI=1S/C8H17NO2/c1-6(10)5-7(11)9-8(2,3)4/h6,10H,5H2,1-4H3,(H,9,11)/t6-/m0/s1. The Hall–Kier alpha value is -0.570. The van der Waals surface area contributed by atoms with Gasteiger partial charge in [0, 0.05) is 5.54 Å². The van der Waals surface area contributed by atoms with E-state index in [4.69, 9.17) is 5.11 Å². The number of aliphatic hydroxyl groups is 1. The number of nitrogens with one attached hydrogen (secondary N) is 1. The quantitative estimate of drug-likeness (QED) is 0.622. The zero-order valence-electron chi connectivity index (χ0n) is 7.64. The van der Waals surface area contributed by atoms with Crippen molar-refractivity contribution in [3.05, 3.63) is 0 Å². The molecule has 0 aliphatic heterocycles. The van der Waals surface area contributed by atoms with Crippen molar-refractivity contribution in [2.45, 2.75) is 45.8 Å². The van der Waals surface area contributed by atoms with E-state index in [0.29, 0.717) is 0 Å². The average Bonchev–Trinajstić information content (AvgIpc) is 1.53. The van der Waals surface area contributed by atoms with Crippen LogP contribution in [-0.2, 0) is 4.79 Å². The van der Waals surface area contributed by atoms with Crippen LogP contribution in [0.25, 0.3) is 0 Å². The molecular formula is C8H17NO2. The van der Waals surface area contributed by atoms with Crippen LogP contribution in [-0.4, -0.2) is 22.7 Å². The fourth-order valence-corrected chi connectivity index (χ4v) is 0.738. The highest BCUT2D eigenvalue weighted by Gasteiger charge is 2.14. The molecule has 0 saturated heterocycles. The van der Waals surface area contributed by atoms with E-state index in [1.165, 1.54) is 0 Å². The maximum absolute atomic E-state index is 11.0. The Kier molecular flexibility index (Phi) is 3.52. The molecule has 0 fully saturated rings. The Morgan fingerprint density at radius 1 is 1.55 bits per heavy atom. The van der Waals surface area contributed by atoms with E-state index in [1.807, 2.05) is 20.8 Å². The van der Waals surface area contributed by atoms with Crippen molar-refractivity contribution in [1.82, 2.24) is 5.32 Å². The molecule has 1 amide bonds. The van der Waals surface area contributed by atoms with Gasteiger partial charge in [0.2, 0.25) is 5.91 Å². The third kappa shape index (κ3) is 7.33. The Morgan fingerprint density at radius 3 is 2.27 bits per heavy atom. The van der Waals surface area contributed by atoms with Crippen LogP contribution < -0.4 is 5.32 Å². The van der Waals surface area contributed by atoms with E-state index in [2.05, 4.69) is 5.32 Å². The largest absolute Gasteiger partial charge is 0.393 e. The summed E-state index contributed by atoms with van der Waals surface area (Å²) in [5, 5.41) is 11.6. The highest BCUT2D eigenvalue weighted by atomic mass is 16.3. The van der Waals surface area contributed by atoms with Crippen LogP contribution in [0, 0.1) is 0 Å². The van der Waals surface area contributed by atoms with E-state index in [9.17, 15) is 4.79 Å². The van der Waals surface area contributed by atoms with Crippen LogP contribution in [0.3, 0.4) is 0 Å². The molecule has 66 valence electrons. The summed E-state index contributed by atoms with van der Waals surface area (Å²) in [4.78, 5) is 11.0. The predicted molar refractivity (Wildman–Crippen MR) is 44.2 cm³/mol. The van der Waals surface area contributed by atoms with Gasteiger partial charge < -0.3 is 10.4 Å². The Bertz CT molecular complexity index is 136. The Morgan fingerprint density at radius 2 is 2.00 bits per heavy atom. The molecule has 0 aliphatic rings. The zero-order chi connectivity index (χ0) is 9.07. The van der Waals surface area contributed by atoms with Gasteiger partial charge in [-0.1, -0.05) is 0 Å². The zero-order valence-corrected chi connectivity index (χ0v) is 7.64. The summed E-state index contributed by atoms with van der Waals surface area (Å²) in [5.74, 6) is -0.104. The van der Waals surface area contributed by atoms with Gasteiger partial charge in [-0.2, -0.15) is 0 Å². The number of carbonyl (C=O) groups is 1. The average molecular weight is 159 g/mol. The van der Waals surface area contributed by atoms with Crippen LogP contribution in [0.5, 0.6) is 0 Å². The summed E-state index contributed by atoms with van der Waals surface area (Å²) < 4.78 is 0. The number of hydrogen-bond donors (Lipinski definition) is 2. The minimum atomic E-state index is -0.558. The van der Waals surface area contributed by atoms with Crippen LogP contribution in [0.4, 0.5) is 0 Å². The Balaban J connectivity index is 3.71. The van der Waals surface area contributed by atoms with E-state index < -0.39 is 6.10 Å². The van der Waals surface area contributed by atoms with E-state index >= 15 is 0 Å². The van der Waals surface area contributed by atoms with Gasteiger partial charge in [-0.3, -0.25) is 4.79 Å². The summed E-state index contributed by atoms with van der Waals surface area (Å²) in [7, 11) is 0.